The fourth-order valence-electron chi connectivity index (χ4n) is 3.39. The number of rotatable bonds is 9. The summed E-state index contributed by atoms with van der Waals surface area (Å²) in [4.78, 5) is 19.6. The molecule has 1 rings (SSSR count). The van der Waals surface area contributed by atoms with E-state index in [0.29, 0.717) is 12.5 Å². The van der Waals surface area contributed by atoms with Gasteiger partial charge in [0, 0.05) is 19.6 Å². The van der Waals surface area contributed by atoms with Gasteiger partial charge in [0.2, 0.25) is 0 Å². The second-order valence-electron chi connectivity index (χ2n) is 8.74. The van der Waals surface area contributed by atoms with Crippen LogP contribution in [0.1, 0.15) is 67.7 Å². The van der Waals surface area contributed by atoms with Crippen LogP contribution in [0, 0.1) is 5.92 Å². The molecule has 1 aliphatic heterocycles. The first kappa shape index (κ1) is 28.2. The largest absolute Gasteiger partial charge is 0.444 e. The lowest BCUT2D eigenvalue weighted by Gasteiger charge is -2.32. The van der Waals surface area contributed by atoms with Crippen LogP contribution in [0.5, 0.6) is 0 Å². The molecule has 1 atom stereocenters. The Morgan fingerprint density at radius 1 is 1.14 bits per heavy atom. The van der Waals surface area contributed by atoms with E-state index in [1.807, 2.05) is 20.8 Å². The number of hydrogen-bond donors (Lipinski definition) is 3. The molecule has 0 radical (unpaired) electrons. The zero-order valence-corrected chi connectivity index (χ0v) is 21.9. The van der Waals surface area contributed by atoms with Crippen LogP contribution in [-0.2, 0) is 4.74 Å². The summed E-state index contributed by atoms with van der Waals surface area (Å²) >= 11 is 0. The van der Waals surface area contributed by atoms with Crippen molar-refractivity contribution >= 4 is 36.0 Å². The van der Waals surface area contributed by atoms with Gasteiger partial charge in [-0.3, -0.25) is 4.99 Å². The number of halogens is 1. The first-order chi connectivity index (χ1) is 13.2. The van der Waals surface area contributed by atoms with Gasteiger partial charge in [-0.1, -0.05) is 20.8 Å². The molecule has 3 N–H and O–H groups in total. The minimum atomic E-state index is -0.509. The third kappa shape index (κ3) is 10.7. The van der Waals surface area contributed by atoms with Gasteiger partial charge in [-0.05, 0) is 66.0 Å². The van der Waals surface area contributed by atoms with Crippen molar-refractivity contribution in [2.24, 2.45) is 10.9 Å². The molecule has 0 aromatic carbocycles. The highest BCUT2D eigenvalue weighted by molar-refractivity contribution is 14.0. The zero-order chi connectivity index (χ0) is 21.2. The van der Waals surface area contributed by atoms with Gasteiger partial charge in [-0.25, -0.2) is 4.79 Å². The number of guanidine groups is 1. The fourth-order valence-corrected chi connectivity index (χ4v) is 3.39. The lowest BCUT2D eigenvalue weighted by Crippen LogP contribution is -2.52. The average molecular weight is 526 g/mol. The molecule has 0 aromatic heterocycles. The Labute approximate surface area is 195 Å². The molecule has 7 nitrogen and oxygen atoms in total. The summed E-state index contributed by atoms with van der Waals surface area (Å²) in [6.07, 6.45) is 2.43. The van der Waals surface area contributed by atoms with Crippen LogP contribution in [0.2, 0.25) is 0 Å². The van der Waals surface area contributed by atoms with E-state index in [-0.39, 0.29) is 30.1 Å². The lowest BCUT2D eigenvalue weighted by atomic mass is 9.93. The number of carbonyl (C=O) groups is 1. The highest BCUT2D eigenvalue weighted by Crippen LogP contribution is 2.18. The molecule has 1 fully saturated rings. The van der Waals surface area contributed by atoms with Gasteiger partial charge in [0.25, 0.3) is 0 Å². The van der Waals surface area contributed by atoms with Gasteiger partial charge >= 0.3 is 6.09 Å². The molecule has 1 unspecified atom stereocenters. The van der Waals surface area contributed by atoms with Crippen molar-refractivity contribution in [3.8, 4) is 0 Å². The van der Waals surface area contributed by atoms with Crippen molar-refractivity contribution in [1.29, 1.82) is 0 Å². The fraction of sp³-hybridized carbons (Fsp3) is 0.905. The predicted molar refractivity (Wildman–Crippen MR) is 132 cm³/mol. The second kappa shape index (κ2) is 13.5. The third-order valence-electron chi connectivity index (χ3n) is 5.38. The Balaban J connectivity index is 0.00000784. The van der Waals surface area contributed by atoms with Gasteiger partial charge in [0.15, 0.2) is 5.96 Å². The predicted octanol–water partition coefficient (Wildman–Crippen LogP) is 3.58. The van der Waals surface area contributed by atoms with Crippen molar-refractivity contribution in [2.75, 3.05) is 39.3 Å². The maximum atomic E-state index is 12.3. The lowest BCUT2D eigenvalue weighted by molar-refractivity contribution is 0.0452. The number of ether oxygens (including phenoxy) is 1. The van der Waals surface area contributed by atoms with E-state index in [2.05, 4.69) is 48.5 Å². The Morgan fingerprint density at radius 2 is 1.79 bits per heavy atom. The highest BCUT2D eigenvalue weighted by atomic mass is 127. The molecular formula is C21H44IN5O2. The van der Waals surface area contributed by atoms with Crippen LogP contribution in [0.25, 0.3) is 0 Å². The van der Waals surface area contributed by atoms with Crippen LogP contribution >= 0.6 is 24.0 Å². The Kier molecular flexibility index (Phi) is 13.2. The first-order valence-corrected chi connectivity index (χ1v) is 10.9. The number of aliphatic imine (C=N–C) groups is 1. The van der Waals surface area contributed by atoms with E-state index < -0.39 is 11.1 Å². The molecule has 0 aliphatic carbocycles. The number of carbonyl (C=O) groups excluding carboxylic acids is 1. The van der Waals surface area contributed by atoms with Crippen LogP contribution in [0.15, 0.2) is 4.99 Å². The van der Waals surface area contributed by atoms with Crippen LogP contribution in [0.3, 0.4) is 0 Å². The molecule has 0 saturated carbocycles. The maximum absolute atomic E-state index is 12.3. The van der Waals surface area contributed by atoms with Crippen LogP contribution < -0.4 is 16.0 Å². The zero-order valence-electron chi connectivity index (χ0n) is 19.6. The van der Waals surface area contributed by atoms with Crippen molar-refractivity contribution in [3.05, 3.63) is 0 Å². The average Bonchev–Trinajstić information content (AvgIpc) is 3.09. The maximum Gasteiger partial charge on any atom is 0.408 e. The number of nitrogens with zero attached hydrogens (tertiary/aromatic N) is 2. The Bertz CT molecular complexity index is 504. The molecule has 1 saturated heterocycles. The second-order valence-corrected chi connectivity index (χ2v) is 8.74. The summed E-state index contributed by atoms with van der Waals surface area (Å²) in [7, 11) is 0. The first-order valence-electron chi connectivity index (χ1n) is 10.9. The Hall–Kier alpha value is -0.770. The summed E-state index contributed by atoms with van der Waals surface area (Å²) in [6.45, 7) is 19.8. The van der Waals surface area contributed by atoms with Crippen LogP contribution in [0.4, 0.5) is 4.79 Å². The minimum Gasteiger partial charge on any atom is -0.444 e. The SMILES string of the molecule is CCNC(=NCC(CC)(CC)NC(=O)OC(C)(C)C)NCC1CCN(CC)C1.I. The molecule has 0 bridgehead atoms. The van der Waals surface area contributed by atoms with E-state index >= 15 is 0 Å². The van der Waals surface area contributed by atoms with Gasteiger partial charge in [0.1, 0.15) is 5.60 Å². The summed E-state index contributed by atoms with van der Waals surface area (Å²) in [5.41, 5.74) is -0.915. The summed E-state index contributed by atoms with van der Waals surface area (Å²) < 4.78 is 5.45. The highest BCUT2D eigenvalue weighted by Gasteiger charge is 2.30. The summed E-state index contributed by atoms with van der Waals surface area (Å²) in [6, 6.07) is 0. The molecule has 0 spiro atoms. The molecule has 172 valence electrons. The minimum absolute atomic E-state index is 0. The summed E-state index contributed by atoms with van der Waals surface area (Å²) in [5.74, 6) is 1.47. The number of alkyl carbamates (subject to hydrolysis) is 1. The van der Waals surface area contributed by atoms with Crippen molar-refractivity contribution in [1.82, 2.24) is 20.9 Å². The summed E-state index contributed by atoms with van der Waals surface area (Å²) in [5, 5.41) is 9.88. The van der Waals surface area contributed by atoms with Gasteiger partial charge < -0.3 is 25.6 Å². The molecule has 1 heterocycles. The molecule has 0 aromatic rings. The number of amides is 1. The van der Waals surface area contributed by atoms with Gasteiger partial charge in [0.05, 0.1) is 12.1 Å². The molecule has 1 amide bonds. The topological polar surface area (TPSA) is 78.0 Å². The number of likely N-dealkylation sites (tertiary alicyclic amines) is 1. The molecule has 1 aliphatic rings. The van der Waals surface area contributed by atoms with E-state index in [0.717, 1.165) is 45.0 Å². The Morgan fingerprint density at radius 3 is 2.28 bits per heavy atom. The molecule has 8 heteroatoms. The normalized spacial score (nSPS) is 18.2. The standard InChI is InChI=1S/C21H43N5O2.HI/c1-8-21(9-2,25-19(27)28-20(5,6)7)16-24-18(22-10-3)23-14-17-12-13-26(11-4)15-17;/h17H,8-16H2,1-7H3,(H,25,27)(H2,22,23,24);1H. The molecular weight excluding hydrogens is 481 g/mol. The monoisotopic (exact) mass is 525 g/mol. The van der Waals surface area contributed by atoms with Crippen molar-refractivity contribution in [3.63, 3.8) is 0 Å². The smallest absolute Gasteiger partial charge is 0.408 e. The number of nitrogens with one attached hydrogen (secondary N) is 3. The van der Waals surface area contributed by atoms with E-state index in [1.165, 1.54) is 13.0 Å². The van der Waals surface area contributed by atoms with E-state index in [1.54, 1.807) is 0 Å². The molecule has 29 heavy (non-hydrogen) atoms. The van der Waals surface area contributed by atoms with Crippen molar-refractivity contribution in [2.45, 2.75) is 78.9 Å². The third-order valence-corrected chi connectivity index (χ3v) is 5.38. The van der Waals surface area contributed by atoms with E-state index in [4.69, 9.17) is 9.73 Å². The van der Waals surface area contributed by atoms with E-state index in [9.17, 15) is 4.79 Å². The quantitative estimate of drug-likeness (QED) is 0.244. The van der Waals surface area contributed by atoms with Gasteiger partial charge in [-0.2, -0.15) is 0 Å². The van der Waals surface area contributed by atoms with Crippen LogP contribution in [-0.4, -0.2) is 67.4 Å². The number of hydrogen-bond acceptors (Lipinski definition) is 4. The van der Waals surface area contributed by atoms with Crippen molar-refractivity contribution < 1.29 is 9.53 Å². The van der Waals surface area contributed by atoms with Gasteiger partial charge in [-0.15, -0.1) is 24.0 Å².